The predicted octanol–water partition coefficient (Wildman–Crippen LogP) is 2.37. The summed E-state index contributed by atoms with van der Waals surface area (Å²) in [6.07, 6.45) is 6.50. The SMILES string of the molecule is CCC(=O)N1CC[C@H](Oc2ncnc3c2nc(-c2cnn(C(C)(C)C)c2)n3C)C1. The molecule has 1 atom stereocenters. The summed E-state index contributed by atoms with van der Waals surface area (Å²) in [4.78, 5) is 27.2. The highest BCUT2D eigenvalue weighted by Gasteiger charge is 2.28. The second-order valence-corrected chi connectivity index (χ2v) is 8.41. The number of carbonyl (C=O) groups excluding carboxylic acids is 1. The molecular formula is C20H27N7O2. The lowest BCUT2D eigenvalue weighted by Crippen LogP contribution is -2.30. The molecule has 154 valence electrons. The van der Waals surface area contributed by atoms with Crippen molar-refractivity contribution >= 4 is 17.1 Å². The van der Waals surface area contributed by atoms with Crippen molar-refractivity contribution < 1.29 is 9.53 Å². The first-order valence-corrected chi connectivity index (χ1v) is 9.95. The maximum atomic E-state index is 11.9. The van der Waals surface area contributed by atoms with E-state index >= 15 is 0 Å². The number of amides is 1. The highest BCUT2D eigenvalue weighted by Crippen LogP contribution is 2.29. The maximum Gasteiger partial charge on any atom is 0.245 e. The first-order valence-electron chi connectivity index (χ1n) is 9.95. The standard InChI is InChI=1S/C20H27N7O2/c1-6-15(28)26-8-7-14(11-26)29-19-16-18(21-12-22-19)25(5)17(24-16)13-9-23-27(10-13)20(2,3)4/h9-10,12,14H,6-8,11H2,1-5H3/t14-/m0/s1. The van der Waals surface area contributed by atoms with Crippen LogP contribution in [0, 0.1) is 0 Å². The number of rotatable bonds is 4. The molecule has 1 amide bonds. The van der Waals surface area contributed by atoms with Gasteiger partial charge in [-0.1, -0.05) is 6.92 Å². The fourth-order valence-electron chi connectivity index (χ4n) is 3.56. The van der Waals surface area contributed by atoms with Gasteiger partial charge in [-0.2, -0.15) is 10.1 Å². The second-order valence-electron chi connectivity index (χ2n) is 8.41. The van der Waals surface area contributed by atoms with Crippen LogP contribution in [0.15, 0.2) is 18.7 Å². The van der Waals surface area contributed by atoms with E-state index in [2.05, 4.69) is 35.8 Å². The third-order valence-electron chi connectivity index (χ3n) is 5.23. The molecule has 0 spiro atoms. The van der Waals surface area contributed by atoms with E-state index in [1.165, 1.54) is 6.33 Å². The summed E-state index contributed by atoms with van der Waals surface area (Å²) in [5, 5.41) is 4.47. The van der Waals surface area contributed by atoms with Crippen LogP contribution in [0.3, 0.4) is 0 Å². The van der Waals surface area contributed by atoms with Gasteiger partial charge < -0.3 is 14.2 Å². The summed E-state index contributed by atoms with van der Waals surface area (Å²) in [5.41, 5.74) is 2.12. The molecular weight excluding hydrogens is 370 g/mol. The molecule has 0 aromatic carbocycles. The number of fused-ring (bicyclic) bond motifs is 1. The molecule has 0 bridgehead atoms. The van der Waals surface area contributed by atoms with Crippen LogP contribution >= 0.6 is 0 Å². The average Bonchev–Trinajstić information content (AvgIpc) is 3.40. The summed E-state index contributed by atoms with van der Waals surface area (Å²) < 4.78 is 9.98. The van der Waals surface area contributed by atoms with Gasteiger partial charge in [-0.3, -0.25) is 9.48 Å². The number of aryl methyl sites for hydroxylation is 1. The van der Waals surface area contributed by atoms with E-state index in [0.717, 1.165) is 17.8 Å². The summed E-state index contributed by atoms with van der Waals surface area (Å²) in [5.74, 6) is 1.37. The minimum atomic E-state index is -0.110. The lowest BCUT2D eigenvalue weighted by Gasteiger charge is -2.18. The molecule has 3 aromatic rings. The van der Waals surface area contributed by atoms with Crippen LogP contribution < -0.4 is 4.74 Å². The highest BCUT2D eigenvalue weighted by molar-refractivity contribution is 5.81. The van der Waals surface area contributed by atoms with E-state index in [1.807, 2.05) is 40.5 Å². The fourth-order valence-corrected chi connectivity index (χ4v) is 3.56. The largest absolute Gasteiger partial charge is 0.471 e. The number of nitrogens with zero attached hydrogens (tertiary/aromatic N) is 7. The molecule has 0 N–H and O–H groups in total. The molecule has 1 aliphatic heterocycles. The van der Waals surface area contributed by atoms with Crippen LogP contribution in [-0.2, 0) is 17.4 Å². The summed E-state index contributed by atoms with van der Waals surface area (Å²) >= 11 is 0. The van der Waals surface area contributed by atoms with Gasteiger partial charge >= 0.3 is 0 Å². The lowest BCUT2D eigenvalue weighted by molar-refractivity contribution is -0.130. The Morgan fingerprint density at radius 1 is 1.31 bits per heavy atom. The summed E-state index contributed by atoms with van der Waals surface area (Å²) in [6, 6.07) is 0. The summed E-state index contributed by atoms with van der Waals surface area (Å²) in [7, 11) is 1.92. The van der Waals surface area contributed by atoms with Crippen molar-refractivity contribution in [1.29, 1.82) is 0 Å². The van der Waals surface area contributed by atoms with Crippen LogP contribution in [0.5, 0.6) is 5.88 Å². The van der Waals surface area contributed by atoms with Gasteiger partial charge in [0.15, 0.2) is 11.2 Å². The molecule has 1 fully saturated rings. The van der Waals surface area contributed by atoms with Crippen LogP contribution in [0.25, 0.3) is 22.6 Å². The van der Waals surface area contributed by atoms with Crippen molar-refractivity contribution in [3.05, 3.63) is 18.7 Å². The molecule has 9 nitrogen and oxygen atoms in total. The zero-order valence-electron chi connectivity index (χ0n) is 17.6. The molecule has 9 heteroatoms. The van der Waals surface area contributed by atoms with Crippen LogP contribution in [0.4, 0.5) is 0 Å². The van der Waals surface area contributed by atoms with E-state index in [9.17, 15) is 4.79 Å². The first-order chi connectivity index (χ1) is 13.8. The Kier molecular flexibility index (Phi) is 4.76. The fraction of sp³-hybridized carbons (Fsp3) is 0.550. The van der Waals surface area contributed by atoms with Gasteiger partial charge in [-0.25, -0.2) is 9.97 Å². The normalized spacial score (nSPS) is 17.3. The minimum absolute atomic E-state index is 0.0855. The molecule has 0 radical (unpaired) electrons. The highest BCUT2D eigenvalue weighted by atomic mass is 16.5. The van der Waals surface area contributed by atoms with Crippen LogP contribution in [0.1, 0.15) is 40.5 Å². The molecule has 4 heterocycles. The third kappa shape index (κ3) is 3.56. The van der Waals surface area contributed by atoms with E-state index in [-0.39, 0.29) is 17.6 Å². The Morgan fingerprint density at radius 3 is 2.79 bits per heavy atom. The molecule has 1 saturated heterocycles. The number of likely N-dealkylation sites (tertiary alicyclic amines) is 1. The molecule has 4 rings (SSSR count). The second kappa shape index (κ2) is 7.13. The van der Waals surface area contributed by atoms with Gasteiger partial charge in [0.05, 0.1) is 23.8 Å². The van der Waals surface area contributed by atoms with Crippen LogP contribution in [-0.4, -0.2) is 59.3 Å². The number of ether oxygens (including phenoxy) is 1. The molecule has 0 unspecified atom stereocenters. The topological polar surface area (TPSA) is 91.0 Å². The maximum absolute atomic E-state index is 11.9. The molecule has 0 saturated carbocycles. The van der Waals surface area contributed by atoms with Crippen molar-refractivity contribution in [2.75, 3.05) is 13.1 Å². The van der Waals surface area contributed by atoms with E-state index in [0.29, 0.717) is 36.6 Å². The van der Waals surface area contributed by atoms with Gasteiger partial charge in [0.25, 0.3) is 0 Å². The van der Waals surface area contributed by atoms with Gasteiger partial charge in [-0.15, -0.1) is 0 Å². The van der Waals surface area contributed by atoms with E-state index in [1.54, 1.807) is 0 Å². The van der Waals surface area contributed by atoms with E-state index in [4.69, 9.17) is 9.72 Å². The molecule has 29 heavy (non-hydrogen) atoms. The zero-order chi connectivity index (χ0) is 20.8. The van der Waals surface area contributed by atoms with Gasteiger partial charge in [-0.05, 0) is 20.8 Å². The molecule has 3 aromatic heterocycles. The number of hydrogen-bond acceptors (Lipinski definition) is 6. The summed E-state index contributed by atoms with van der Waals surface area (Å²) in [6.45, 7) is 9.47. The van der Waals surface area contributed by atoms with Gasteiger partial charge in [0.1, 0.15) is 18.3 Å². The minimum Gasteiger partial charge on any atom is -0.471 e. The Morgan fingerprint density at radius 2 is 2.10 bits per heavy atom. The van der Waals surface area contributed by atoms with Crippen molar-refractivity contribution in [2.24, 2.45) is 7.05 Å². The first kappa shape index (κ1) is 19.4. The Bertz CT molecular complexity index is 1050. The Labute approximate surface area is 169 Å². The average molecular weight is 397 g/mol. The van der Waals surface area contributed by atoms with Crippen molar-refractivity contribution in [3.8, 4) is 17.3 Å². The predicted molar refractivity (Wildman–Crippen MR) is 108 cm³/mol. The number of aromatic nitrogens is 6. The van der Waals surface area contributed by atoms with E-state index < -0.39 is 0 Å². The number of carbonyl (C=O) groups is 1. The molecule has 0 aliphatic carbocycles. The quantitative estimate of drug-likeness (QED) is 0.671. The monoisotopic (exact) mass is 397 g/mol. The third-order valence-corrected chi connectivity index (χ3v) is 5.23. The molecule has 1 aliphatic rings. The van der Waals surface area contributed by atoms with Crippen molar-refractivity contribution in [2.45, 2.75) is 52.2 Å². The van der Waals surface area contributed by atoms with Crippen molar-refractivity contribution in [3.63, 3.8) is 0 Å². The number of imidazole rings is 1. The van der Waals surface area contributed by atoms with Gasteiger partial charge in [0, 0.05) is 32.6 Å². The lowest BCUT2D eigenvalue weighted by atomic mass is 10.1. The van der Waals surface area contributed by atoms with Gasteiger partial charge in [0.2, 0.25) is 11.8 Å². The smallest absolute Gasteiger partial charge is 0.245 e. The number of hydrogen-bond donors (Lipinski definition) is 0. The Hall–Kier alpha value is -2.97. The zero-order valence-corrected chi connectivity index (χ0v) is 17.6. The van der Waals surface area contributed by atoms with Crippen LogP contribution in [0.2, 0.25) is 0 Å². The van der Waals surface area contributed by atoms with Crippen molar-refractivity contribution in [1.82, 2.24) is 34.2 Å². The Balaban J connectivity index is 1.63.